The monoisotopic (exact) mass is 413 g/mol. The minimum absolute atomic E-state index is 0.0554. The van der Waals surface area contributed by atoms with Crippen LogP contribution in [0.25, 0.3) is 0 Å². The van der Waals surface area contributed by atoms with Crippen molar-refractivity contribution in [1.82, 2.24) is 20.1 Å². The SMILES string of the molecule is Cc1cccc(C)c1NC(=O)CNC(=O)[C@H](C)Sc1nnc(C2CC2)n1C1CC1. The zero-order valence-corrected chi connectivity index (χ0v) is 17.9. The summed E-state index contributed by atoms with van der Waals surface area (Å²) in [5.41, 5.74) is 2.80. The van der Waals surface area contributed by atoms with E-state index in [1.165, 1.54) is 24.6 Å². The van der Waals surface area contributed by atoms with Gasteiger partial charge in [-0.15, -0.1) is 10.2 Å². The zero-order valence-electron chi connectivity index (χ0n) is 17.1. The second-order valence-electron chi connectivity index (χ2n) is 8.01. The molecule has 2 aliphatic carbocycles. The quantitative estimate of drug-likeness (QED) is 0.648. The van der Waals surface area contributed by atoms with E-state index in [2.05, 4.69) is 25.4 Å². The Morgan fingerprint density at radius 2 is 1.86 bits per heavy atom. The van der Waals surface area contributed by atoms with E-state index in [1.54, 1.807) is 0 Å². The van der Waals surface area contributed by atoms with Crippen LogP contribution in [0, 0.1) is 13.8 Å². The first-order chi connectivity index (χ1) is 13.9. The second-order valence-corrected chi connectivity index (χ2v) is 9.32. The maximum Gasteiger partial charge on any atom is 0.243 e. The van der Waals surface area contributed by atoms with Crippen molar-refractivity contribution in [3.8, 4) is 0 Å². The van der Waals surface area contributed by atoms with Gasteiger partial charge in [-0.25, -0.2) is 0 Å². The number of nitrogens with zero attached hydrogens (tertiary/aromatic N) is 3. The van der Waals surface area contributed by atoms with Gasteiger partial charge >= 0.3 is 0 Å². The number of aromatic nitrogens is 3. The molecular formula is C21H27N5O2S. The molecule has 0 spiro atoms. The van der Waals surface area contributed by atoms with Gasteiger partial charge in [-0.2, -0.15) is 0 Å². The Balaban J connectivity index is 1.32. The number of rotatable bonds is 8. The third-order valence-corrected chi connectivity index (χ3v) is 6.42. The molecule has 0 radical (unpaired) electrons. The van der Waals surface area contributed by atoms with Crippen molar-refractivity contribution < 1.29 is 9.59 Å². The average Bonchev–Trinajstić information content (AvgIpc) is 3.62. The molecule has 2 aliphatic rings. The van der Waals surface area contributed by atoms with Crippen LogP contribution < -0.4 is 10.6 Å². The first-order valence-electron chi connectivity index (χ1n) is 10.2. The van der Waals surface area contributed by atoms with Crippen molar-refractivity contribution in [2.24, 2.45) is 0 Å². The van der Waals surface area contributed by atoms with Crippen LogP contribution in [0.5, 0.6) is 0 Å². The lowest BCUT2D eigenvalue weighted by atomic mass is 10.1. The first kappa shape index (κ1) is 19.9. The Kier molecular flexibility index (Phi) is 5.63. The molecular weight excluding hydrogens is 386 g/mol. The fourth-order valence-corrected chi connectivity index (χ4v) is 4.33. The van der Waals surface area contributed by atoms with Gasteiger partial charge < -0.3 is 15.2 Å². The van der Waals surface area contributed by atoms with Crippen molar-refractivity contribution >= 4 is 29.3 Å². The normalized spacial score (nSPS) is 17.1. The van der Waals surface area contributed by atoms with Crippen molar-refractivity contribution in [3.05, 3.63) is 35.2 Å². The highest BCUT2D eigenvalue weighted by Gasteiger charge is 2.37. The van der Waals surface area contributed by atoms with Gasteiger partial charge in [0.1, 0.15) is 5.82 Å². The Morgan fingerprint density at radius 3 is 2.48 bits per heavy atom. The summed E-state index contributed by atoms with van der Waals surface area (Å²) in [6.07, 6.45) is 4.68. The van der Waals surface area contributed by atoms with Crippen LogP contribution in [-0.4, -0.2) is 38.4 Å². The summed E-state index contributed by atoms with van der Waals surface area (Å²) in [4.78, 5) is 24.8. The van der Waals surface area contributed by atoms with Gasteiger partial charge in [0.2, 0.25) is 11.8 Å². The fourth-order valence-electron chi connectivity index (χ4n) is 3.38. The van der Waals surface area contributed by atoms with Crippen LogP contribution in [0.15, 0.2) is 23.4 Å². The van der Waals surface area contributed by atoms with Gasteiger partial charge in [0.15, 0.2) is 5.16 Å². The Morgan fingerprint density at radius 1 is 1.17 bits per heavy atom. The van der Waals surface area contributed by atoms with Crippen molar-refractivity contribution in [2.75, 3.05) is 11.9 Å². The van der Waals surface area contributed by atoms with Crippen LogP contribution >= 0.6 is 11.8 Å². The van der Waals surface area contributed by atoms with Gasteiger partial charge in [0.05, 0.1) is 11.8 Å². The minimum Gasteiger partial charge on any atom is -0.346 e. The molecule has 1 aromatic carbocycles. The number of benzene rings is 1. The molecule has 0 saturated heterocycles. The third-order valence-electron chi connectivity index (χ3n) is 5.37. The molecule has 0 unspecified atom stereocenters. The first-order valence-corrected chi connectivity index (χ1v) is 11.1. The van der Waals surface area contributed by atoms with E-state index in [4.69, 9.17) is 0 Å². The number of hydrogen-bond donors (Lipinski definition) is 2. The van der Waals surface area contributed by atoms with E-state index in [9.17, 15) is 9.59 Å². The maximum absolute atomic E-state index is 12.5. The maximum atomic E-state index is 12.5. The minimum atomic E-state index is -0.350. The molecule has 1 atom stereocenters. The van der Waals surface area contributed by atoms with E-state index in [-0.39, 0.29) is 23.6 Å². The largest absolute Gasteiger partial charge is 0.346 e. The zero-order chi connectivity index (χ0) is 20.5. The van der Waals surface area contributed by atoms with Crippen LogP contribution in [0.3, 0.4) is 0 Å². The van der Waals surface area contributed by atoms with E-state index < -0.39 is 0 Å². The molecule has 2 N–H and O–H groups in total. The standard InChI is InChI=1S/C21H27N5O2S/c1-12-5-4-6-13(2)18(12)23-17(27)11-22-20(28)14(3)29-21-25-24-19(15-7-8-15)26(21)16-9-10-16/h4-6,14-16H,7-11H2,1-3H3,(H,22,28)(H,23,27)/t14-/m0/s1. The van der Waals surface area contributed by atoms with Crippen molar-refractivity contribution in [3.63, 3.8) is 0 Å². The summed E-state index contributed by atoms with van der Waals surface area (Å²) in [5, 5.41) is 14.8. The number of aryl methyl sites for hydroxylation is 2. The van der Waals surface area contributed by atoms with Crippen LogP contribution in [0.2, 0.25) is 0 Å². The number of amides is 2. The van der Waals surface area contributed by atoms with E-state index >= 15 is 0 Å². The van der Waals surface area contributed by atoms with Crippen LogP contribution in [-0.2, 0) is 9.59 Å². The van der Waals surface area contributed by atoms with E-state index in [0.29, 0.717) is 12.0 Å². The molecule has 29 heavy (non-hydrogen) atoms. The summed E-state index contributed by atoms with van der Waals surface area (Å²) >= 11 is 1.42. The van der Waals surface area contributed by atoms with Gasteiger partial charge in [-0.3, -0.25) is 9.59 Å². The lowest BCUT2D eigenvalue weighted by Crippen LogP contribution is -2.37. The Labute approximate surface area is 175 Å². The Bertz CT molecular complexity index is 913. The molecule has 1 aromatic heterocycles. The van der Waals surface area contributed by atoms with Gasteiger partial charge in [0.25, 0.3) is 0 Å². The molecule has 7 nitrogen and oxygen atoms in total. The highest BCUT2D eigenvalue weighted by atomic mass is 32.2. The number of thioether (sulfide) groups is 1. The molecule has 4 rings (SSSR count). The summed E-state index contributed by atoms with van der Waals surface area (Å²) in [6.45, 7) is 5.68. The number of hydrogen-bond acceptors (Lipinski definition) is 5. The van der Waals surface area contributed by atoms with Crippen LogP contribution in [0.1, 0.15) is 61.5 Å². The molecule has 0 aliphatic heterocycles. The molecule has 2 fully saturated rings. The van der Waals surface area contributed by atoms with Gasteiger partial charge in [0, 0.05) is 17.6 Å². The summed E-state index contributed by atoms with van der Waals surface area (Å²) in [6, 6.07) is 6.34. The second kappa shape index (κ2) is 8.18. The number of carbonyl (C=O) groups excluding carboxylic acids is 2. The molecule has 2 amide bonds. The summed E-state index contributed by atoms with van der Waals surface area (Å²) in [7, 11) is 0. The smallest absolute Gasteiger partial charge is 0.243 e. The van der Waals surface area contributed by atoms with E-state index in [0.717, 1.165) is 40.6 Å². The summed E-state index contributed by atoms with van der Waals surface area (Å²) in [5.74, 6) is 1.21. The lowest BCUT2D eigenvalue weighted by molar-refractivity contribution is -0.123. The lowest BCUT2D eigenvalue weighted by Gasteiger charge is -2.14. The third kappa shape index (κ3) is 4.63. The predicted molar refractivity (Wildman–Crippen MR) is 113 cm³/mol. The highest BCUT2D eigenvalue weighted by molar-refractivity contribution is 8.00. The van der Waals surface area contributed by atoms with Crippen LogP contribution in [0.4, 0.5) is 5.69 Å². The fraction of sp³-hybridized carbons (Fsp3) is 0.524. The number of anilines is 1. The topological polar surface area (TPSA) is 88.9 Å². The van der Waals surface area contributed by atoms with E-state index in [1.807, 2.05) is 39.0 Å². The molecule has 8 heteroatoms. The van der Waals surface area contributed by atoms with Crippen molar-refractivity contribution in [1.29, 1.82) is 0 Å². The summed E-state index contributed by atoms with van der Waals surface area (Å²) < 4.78 is 2.24. The number of nitrogens with one attached hydrogen (secondary N) is 2. The molecule has 154 valence electrons. The average molecular weight is 414 g/mol. The molecule has 1 heterocycles. The predicted octanol–water partition coefficient (Wildman–Crippen LogP) is 3.34. The molecule has 0 bridgehead atoms. The highest BCUT2D eigenvalue weighted by Crippen LogP contribution is 2.46. The molecule has 2 aromatic rings. The van der Waals surface area contributed by atoms with Gasteiger partial charge in [-0.05, 0) is 57.6 Å². The number of para-hydroxylation sites is 1. The Hall–Kier alpha value is -2.35. The van der Waals surface area contributed by atoms with Gasteiger partial charge in [-0.1, -0.05) is 30.0 Å². The van der Waals surface area contributed by atoms with Crippen molar-refractivity contribution in [2.45, 2.75) is 68.8 Å². The molecule has 2 saturated carbocycles. The number of carbonyl (C=O) groups is 2.